The van der Waals surface area contributed by atoms with Crippen molar-refractivity contribution >= 4 is 23.2 Å². The van der Waals surface area contributed by atoms with Crippen LogP contribution in [-0.2, 0) is 0 Å². The number of carbonyl (C=O) groups is 1. The molecule has 0 saturated carbocycles. The zero-order chi connectivity index (χ0) is 22.7. The fraction of sp³-hybridized carbons (Fsp3) is 0.174. The Labute approximate surface area is 184 Å². The van der Waals surface area contributed by atoms with Crippen molar-refractivity contribution < 1.29 is 13.9 Å². The van der Waals surface area contributed by atoms with Crippen LogP contribution >= 0.6 is 0 Å². The fourth-order valence-corrected chi connectivity index (χ4v) is 3.13. The van der Waals surface area contributed by atoms with E-state index in [0.717, 1.165) is 16.8 Å². The molecule has 2 N–H and O–H groups in total. The second-order valence-corrected chi connectivity index (χ2v) is 7.13. The maximum absolute atomic E-state index is 12.6. The number of oxazole rings is 1. The second kappa shape index (κ2) is 8.84. The van der Waals surface area contributed by atoms with Crippen LogP contribution in [0, 0.1) is 20.8 Å². The third kappa shape index (κ3) is 4.56. The summed E-state index contributed by atoms with van der Waals surface area (Å²) < 4.78 is 10.6. The van der Waals surface area contributed by atoms with E-state index in [-0.39, 0.29) is 11.6 Å². The number of rotatable bonds is 6. The van der Waals surface area contributed by atoms with Crippen LogP contribution in [0.5, 0.6) is 5.75 Å². The number of aromatic nitrogens is 4. The molecule has 0 atom stereocenters. The molecule has 3 heterocycles. The van der Waals surface area contributed by atoms with Crippen LogP contribution in [0.4, 0.5) is 17.3 Å². The van der Waals surface area contributed by atoms with Crippen molar-refractivity contribution in [3.05, 3.63) is 71.8 Å². The van der Waals surface area contributed by atoms with Crippen molar-refractivity contribution in [3.8, 4) is 17.0 Å². The molecule has 32 heavy (non-hydrogen) atoms. The molecule has 3 aromatic heterocycles. The molecular weight excluding hydrogens is 408 g/mol. The van der Waals surface area contributed by atoms with E-state index in [1.165, 1.54) is 0 Å². The Bertz CT molecular complexity index is 1280. The minimum absolute atomic E-state index is 0.264. The minimum atomic E-state index is -0.335. The van der Waals surface area contributed by atoms with Gasteiger partial charge in [0.25, 0.3) is 5.91 Å². The van der Waals surface area contributed by atoms with Gasteiger partial charge in [0, 0.05) is 36.3 Å². The van der Waals surface area contributed by atoms with Crippen molar-refractivity contribution in [2.45, 2.75) is 20.8 Å². The van der Waals surface area contributed by atoms with Crippen LogP contribution < -0.4 is 15.4 Å². The zero-order valence-corrected chi connectivity index (χ0v) is 18.1. The molecule has 0 saturated heterocycles. The van der Waals surface area contributed by atoms with E-state index in [4.69, 9.17) is 9.15 Å². The number of pyridine rings is 1. The number of hydrogen-bond acceptors (Lipinski definition) is 8. The average molecular weight is 430 g/mol. The predicted molar refractivity (Wildman–Crippen MR) is 120 cm³/mol. The molecule has 0 radical (unpaired) electrons. The normalized spacial score (nSPS) is 10.6. The lowest BCUT2D eigenvalue weighted by molar-refractivity contribution is 0.102. The third-order valence-electron chi connectivity index (χ3n) is 4.76. The maximum atomic E-state index is 12.6. The molecule has 1 aromatic carbocycles. The van der Waals surface area contributed by atoms with E-state index < -0.39 is 0 Å². The van der Waals surface area contributed by atoms with Crippen molar-refractivity contribution in [2.24, 2.45) is 0 Å². The van der Waals surface area contributed by atoms with E-state index in [1.807, 2.05) is 31.2 Å². The van der Waals surface area contributed by atoms with Crippen LogP contribution in [0.1, 0.15) is 27.7 Å². The van der Waals surface area contributed by atoms with Gasteiger partial charge in [-0.1, -0.05) is 6.07 Å². The van der Waals surface area contributed by atoms with E-state index in [9.17, 15) is 4.79 Å². The molecule has 0 aliphatic rings. The highest BCUT2D eigenvalue weighted by atomic mass is 16.5. The van der Waals surface area contributed by atoms with Crippen molar-refractivity contribution in [1.29, 1.82) is 0 Å². The van der Waals surface area contributed by atoms with Crippen LogP contribution in [0.25, 0.3) is 11.3 Å². The standard InChI is InChI=1S/C23H22N6O3/c1-13-5-6-17(27-22(30)21-14(2)32-15(3)26-21)10-20(13)29-23-25-8-7-19(28-23)16-9-18(31-4)12-24-11-16/h5-12H,1-4H3,(H,27,30)(H,25,28,29). The first kappa shape index (κ1) is 21.0. The highest BCUT2D eigenvalue weighted by Gasteiger charge is 2.16. The highest BCUT2D eigenvalue weighted by molar-refractivity contribution is 6.03. The minimum Gasteiger partial charge on any atom is -0.495 e. The number of nitrogens with zero attached hydrogens (tertiary/aromatic N) is 4. The Balaban J connectivity index is 1.56. The van der Waals surface area contributed by atoms with Crippen LogP contribution in [0.15, 0.2) is 53.3 Å². The van der Waals surface area contributed by atoms with Gasteiger partial charge in [-0.15, -0.1) is 0 Å². The molecule has 0 fully saturated rings. The van der Waals surface area contributed by atoms with Crippen molar-refractivity contribution in [3.63, 3.8) is 0 Å². The number of aryl methyl sites for hydroxylation is 3. The van der Waals surface area contributed by atoms with Crippen LogP contribution in [0.2, 0.25) is 0 Å². The topological polar surface area (TPSA) is 115 Å². The Morgan fingerprint density at radius 1 is 1.06 bits per heavy atom. The van der Waals surface area contributed by atoms with Gasteiger partial charge in [0.2, 0.25) is 5.95 Å². The number of benzene rings is 1. The molecular formula is C23H22N6O3. The third-order valence-corrected chi connectivity index (χ3v) is 4.76. The molecule has 9 nitrogen and oxygen atoms in total. The summed E-state index contributed by atoms with van der Waals surface area (Å²) in [7, 11) is 1.59. The lowest BCUT2D eigenvalue weighted by Crippen LogP contribution is -2.14. The van der Waals surface area contributed by atoms with Gasteiger partial charge < -0.3 is 19.8 Å². The lowest BCUT2D eigenvalue weighted by atomic mass is 10.1. The molecule has 9 heteroatoms. The predicted octanol–water partition coefficient (Wildman–Crippen LogP) is 4.46. The summed E-state index contributed by atoms with van der Waals surface area (Å²) in [4.78, 5) is 29.8. The lowest BCUT2D eigenvalue weighted by Gasteiger charge is -2.12. The number of carbonyl (C=O) groups excluding carboxylic acids is 1. The molecule has 0 aliphatic carbocycles. The Morgan fingerprint density at radius 3 is 2.66 bits per heavy atom. The first-order valence-electron chi connectivity index (χ1n) is 9.88. The second-order valence-electron chi connectivity index (χ2n) is 7.13. The Morgan fingerprint density at radius 2 is 1.91 bits per heavy atom. The van der Waals surface area contributed by atoms with Crippen molar-refractivity contribution in [2.75, 3.05) is 17.7 Å². The van der Waals surface area contributed by atoms with Gasteiger partial charge in [-0.25, -0.2) is 15.0 Å². The molecule has 0 spiro atoms. The van der Waals surface area contributed by atoms with E-state index >= 15 is 0 Å². The molecule has 4 rings (SSSR count). The molecule has 4 aromatic rings. The summed E-state index contributed by atoms with van der Waals surface area (Å²) in [5.74, 6) is 1.65. The first-order valence-corrected chi connectivity index (χ1v) is 9.88. The average Bonchev–Trinajstić information content (AvgIpc) is 3.14. The van der Waals surface area contributed by atoms with Crippen molar-refractivity contribution in [1.82, 2.24) is 19.9 Å². The van der Waals surface area contributed by atoms with Gasteiger partial charge in [0.15, 0.2) is 11.6 Å². The zero-order valence-electron chi connectivity index (χ0n) is 18.1. The molecule has 0 aliphatic heterocycles. The number of hydrogen-bond donors (Lipinski definition) is 2. The quantitative estimate of drug-likeness (QED) is 0.461. The summed E-state index contributed by atoms with van der Waals surface area (Å²) >= 11 is 0. The number of anilines is 3. The molecule has 0 unspecified atom stereocenters. The molecule has 0 bridgehead atoms. The van der Waals surface area contributed by atoms with E-state index in [0.29, 0.717) is 34.7 Å². The van der Waals surface area contributed by atoms with Crippen LogP contribution in [-0.4, -0.2) is 33.0 Å². The van der Waals surface area contributed by atoms with Gasteiger partial charge in [-0.2, -0.15) is 0 Å². The number of amides is 1. The van der Waals surface area contributed by atoms with Gasteiger partial charge in [0.05, 0.1) is 19.0 Å². The maximum Gasteiger partial charge on any atom is 0.277 e. The van der Waals surface area contributed by atoms with E-state index in [1.54, 1.807) is 45.6 Å². The summed E-state index contributed by atoms with van der Waals surface area (Å²) in [6.07, 6.45) is 5.01. The summed E-state index contributed by atoms with van der Waals surface area (Å²) in [5.41, 5.74) is 4.11. The summed E-state index contributed by atoms with van der Waals surface area (Å²) in [6, 6.07) is 9.19. The van der Waals surface area contributed by atoms with Gasteiger partial charge in [-0.05, 0) is 43.7 Å². The Kier molecular flexibility index (Phi) is 5.80. The fourth-order valence-electron chi connectivity index (χ4n) is 3.13. The van der Waals surface area contributed by atoms with Gasteiger partial charge in [-0.3, -0.25) is 9.78 Å². The number of methoxy groups -OCH3 is 1. The molecule has 1 amide bonds. The molecule has 162 valence electrons. The SMILES string of the molecule is COc1cncc(-c2ccnc(Nc3cc(NC(=O)c4nc(C)oc4C)ccc3C)n2)c1. The highest BCUT2D eigenvalue weighted by Crippen LogP contribution is 2.25. The van der Waals surface area contributed by atoms with Crippen LogP contribution in [0.3, 0.4) is 0 Å². The van der Waals surface area contributed by atoms with Gasteiger partial charge >= 0.3 is 0 Å². The largest absolute Gasteiger partial charge is 0.495 e. The Hall–Kier alpha value is -4.27. The number of ether oxygens (including phenoxy) is 1. The smallest absolute Gasteiger partial charge is 0.277 e. The summed E-state index contributed by atoms with van der Waals surface area (Å²) in [5, 5.41) is 6.07. The number of nitrogens with one attached hydrogen (secondary N) is 2. The summed E-state index contributed by atoms with van der Waals surface area (Å²) in [6.45, 7) is 5.36. The van der Waals surface area contributed by atoms with E-state index in [2.05, 4.69) is 30.6 Å². The first-order chi connectivity index (χ1) is 15.4. The monoisotopic (exact) mass is 430 g/mol. The van der Waals surface area contributed by atoms with Gasteiger partial charge in [0.1, 0.15) is 11.5 Å².